The minimum absolute atomic E-state index is 0.0116. The van der Waals surface area contributed by atoms with Crippen LogP contribution in [0.3, 0.4) is 0 Å². The van der Waals surface area contributed by atoms with E-state index < -0.39 is 5.95 Å². The summed E-state index contributed by atoms with van der Waals surface area (Å²) >= 11 is 31.7. The number of rotatable bonds is 29. The Morgan fingerprint density at radius 2 is 0.628 bits per heavy atom. The number of aromatic nitrogens is 4. The summed E-state index contributed by atoms with van der Waals surface area (Å²) in [6.07, 6.45) is 11.5. The molecule has 12 rings (SSSR count). The molecule has 4 aromatic heterocycles. The van der Waals surface area contributed by atoms with E-state index in [0.29, 0.717) is 123 Å². The highest BCUT2D eigenvalue weighted by molar-refractivity contribution is 6.36. The highest BCUT2D eigenvalue weighted by Gasteiger charge is 2.21. The SMILES string of the molecule is CCC(=O)N(C)c1ccc(-c2ccc(C(=O)CCc3ccc(C)nc3)c(Cl)c2)cc1.CCC(=O)N(C)c1ccc(-c2ccc(C(=O)CCc3ccc(OC)nc3)c(Cl)c2)cc1.CCC(=O)N(C)c1ccc(-c2ccc(C(=O)CCc3cccnc3Cl)c(Cl)c2)cc1.CCC(=O)N(C)c1ccc(-c2ccc(C(=O)CCc3cccnc3F)c(Cl)c2)cc1. The predicted molar refractivity (Wildman–Crippen MR) is 486 cm³/mol. The van der Waals surface area contributed by atoms with Crippen LogP contribution in [0.1, 0.15) is 148 Å². The van der Waals surface area contributed by atoms with Crippen LogP contribution in [0.15, 0.2) is 243 Å². The van der Waals surface area contributed by atoms with E-state index in [4.69, 9.17) is 62.7 Å². The molecule has 0 saturated heterocycles. The third kappa shape index (κ3) is 26.1. The van der Waals surface area contributed by atoms with E-state index >= 15 is 0 Å². The van der Waals surface area contributed by atoms with Gasteiger partial charge in [0.15, 0.2) is 23.1 Å². The smallest absolute Gasteiger partial charge is 0.226 e. The molecule has 0 aliphatic heterocycles. The zero-order valence-corrected chi connectivity index (χ0v) is 72.9. The van der Waals surface area contributed by atoms with Crippen LogP contribution in [-0.2, 0) is 44.9 Å². The lowest BCUT2D eigenvalue weighted by molar-refractivity contribution is -0.118. The molecule has 0 N–H and O–H groups in total. The molecule has 23 heteroatoms. The molecule has 0 bridgehead atoms. The first-order valence-corrected chi connectivity index (χ1v) is 41.4. The maximum atomic E-state index is 13.6. The Hall–Kier alpha value is -11.9. The summed E-state index contributed by atoms with van der Waals surface area (Å²) in [5, 5.41) is 2.06. The summed E-state index contributed by atoms with van der Waals surface area (Å²) in [4.78, 5) is 120. The van der Waals surface area contributed by atoms with Gasteiger partial charge in [-0.3, -0.25) is 43.3 Å². The topological polar surface area (TPSA) is 210 Å². The zero-order chi connectivity index (χ0) is 87.4. The Kier molecular flexibility index (Phi) is 35.0. The number of amides is 4. The van der Waals surface area contributed by atoms with Crippen molar-refractivity contribution in [1.29, 1.82) is 0 Å². The van der Waals surface area contributed by atoms with Crippen LogP contribution in [0, 0.1) is 12.9 Å². The van der Waals surface area contributed by atoms with Gasteiger partial charge in [0.25, 0.3) is 0 Å². The number of pyridine rings is 4. The number of benzene rings is 8. The molecule has 12 aromatic rings. The summed E-state index contributed by atoms with van der Waals surface area (Å²) in [5.74, 6) is 0.0306. The molecule has 0 fully saturated rings. The van der Waals surface area contributed by atoms with Crippen LogP contribution in [0.4, 0.5) is 27.1 Å². The van der Waals surface area contributed by atoms with Crippen molar-refractivity contribution in [2.75, 3.05) is 54.9 Å². The van der Waals surface area contributed by atoms with Crippen LogP contribution in [0.5, 0.6) is 5.88 Å². The lowest BCUT2D eigenvalue weighted by Crippen LogP contribution is -2.24. The second kappa shape index (κ2) is 45.5. The summed E-state index contributed by atoms with van der Waals surface area (Å²) in [6.45, 7) is 9.28. The normalized spacial score (nSPS) is 10.6. The molecule has 0 spiro atoms. The van der Waals surface area contributed by atoms with Crippen molar-refractivity contribution in [2.24, 2.45) is 0 Å². The standard InChI is InChI=1S/C25H25ClN2O3.C25H25ClN2O2.C24H22Cl2N2O2.C24H22ClFN2O2/c1-4-25(30)28(2)20-10-7-18(8-11-20)19-9-12-21(22(26)15-19)23(29)13-5-17-6-14-24(31-3)27-16-17;1-4-25(30)28(3)21-11-8-19(9-12-21)20-10-13-22(23(26)15-20)24(29)14-7-18-6-5-17(2)27-16-18;2*1-3-23(30)28(2)19-10-6-16(7-11-19)18-8-12-20(21(25)15-18)22(29)13-9-17-5-4-14-27-24(17)26/h6-12,14-16H,4-5,13H2,1-3H3;5-6,8-13,15-16H,4,7,14H2,1-3H3;2*4-8,10-12,14-15H,3,9,13H2,1-2H3. The average molecular weight is 1720 g/mol. The first-order valence-electron chi connectivity index (χ1n) is 39.5. The minimum Gasteiger partial charge on any atom is -0.481 e. The molecule has 4 heterocycles. The molecule has 0 radical (unpaired) electrons. The van der Waals surface area contributed by atoms with Crippen molar-refractivity contribution in [1.82, 2.24) is 19.9 Å². The number of carbonyl (C=O) groups is 8. The van der Waals surface area contributed by atoms with E-state index in [1.165, 1.54) is 6.20 Å². The van der Waals surface area contributed by atoms with Crippen molar-refractivity contribution >= 4 is 128 Å². The highest BCUT2D eigenvalue weighted by atomic mass is 35.5. The van der Waals surface area contributed by atoms with Crippen LogP contribution < -0.4 is 24.3 Å². The second-order valence-corrected chi connectivity index (χ2v) is 30.3. The monoisotopic (exact) mass is 1720 g/mol. The van der Waals surface area contributed by atoms with Gasteiger partial charge in [-0.1, -0.05) is 183 Å². The third-order valence-electron chi connectivity index (χ3n) is 20.3. The van der Waals surface area contributed by atoms with E-state index in [1.807, 2.05) is 192 Å². The van der Waals surface area contributed by atoms with Crippen molar-refractivity contribution in [2.45, 2.75) is 112 Å². The van der Waals surface area contributed by atoms with Crippen molar-refractivity contribution in [3.8, 4) is 50.4 Å². The van der Waals surface area contributed by atoms with Crippen molar-refractivity contribution in [3.05, 3.63) is 325 Å². The molecule has 0 aliphatic rings. The van der Waals surface area contributed by atoms with Gasteiger partial charge in [0, 0.05) is 167 Å². The second-order valence-electron chi connectivity index (χ2n) is 28.3. The molecule has 0 atom stereocenters. The molecule has 4 amide bonds. The molecule has 0 aliphatic carbocycles. The van der Waals surface area contributed by atoms with Gasteiger partial charge in [-0.15, -0.1) is 0 Å². The van der Waals surface area contributed by atoms with Crippen molar-refractivity contribution < 1.29 is 47.5 Å². The van der Waals surface area contributed by atoms with Gasteiger partial charge in [0.2, 0.25) is 35.5 Å². The number of halogens is 6. The Balaban J connectivity index is 0.000000183. The van der Waals surface area contributed by atoms with Gasteiger partial charge < -0.3 is 24.3 Å². The van der Waals surface area contributed by atoms with Gasteiger partial charge in [0.05, 0.1) is 27.2 Å². The summed E-state index contributed by atoms with van der Waals surface area (Å²) in [7, 11) is 8.61. The quantitative estimate of drug-likeness (QED) is 0.0316. The molecule has 0 saturated carbocycles. The number of hydrogen-bond acceptors (Lipinski definition) is 13. The fourth-order valence-corrected chi connectivity index (χ4v) is 14.2. The summed E-state index contributed by atoms with van der Waals surface area (Å²) < 4.78 is 18.7. The number of Topliss-reactive ketones (excluding diaryl/α,β-unsaturated/α-hetero) is 4. The largest absolute Gasteiger partial charge is 0.481 e. The van der Waals surface area contributed by atoms with E-state index in [1.54, 1.807) is 134 Å². The van der Waals surface area contributed by atoms with Crippen LogP contribution >= 0.6 is 58.0 Å². The fourth-order valence-electron chi connectivity index (χ4n) is 12.8. The van der Waals surface area contributed by atoms with Crippen LogP contribution in [-0.4, -0.2) is 102 Å². The third-order valence-corrected chi connectivity index (χ3v) is 21.9. The van der Waals surface area contributed by atoms with E-state index in [0.717, 1.165) is 89.6 Å². The predicted octanol–water partition coefficient (Wildman–Crippen LogP) is 23.5. The van der Waals surface area contributed by atoms with Gasteiger partial charge in [-0.2, -0.15) is 4.39 Å². The number of ether oxygens (including phenoxy) is 1. The molecule has 622 valence electrons. The fraction of sp³-hybridized carbons (Fsp3) is 0.224. The zero-order valence-electron chi connectivity index (χ0n) is 69.1. The Bertz CT molecular complexity index is 5450. The number of nitrogens with zero attached hydrogens (tertiary/aromatic N) is 8. The first kappa shape index (κ1) is 93.0. The average Bonchev–Trinajstić information content (AvgIpc) is 0.829. The van der Waals surface area contributed by atoms with Crippen molar-refractivity contribution in [3.63, 3.8) is 0 Å². The maximum Gasteiger partial charge on any atom is 0.226 e. The lowest BCUT2D eigenvalue weighted by Gasteiger charge is -2.17. The summed E-state index contributed by atoms with van der Waals surface area (Å²) in [6, 6.07) is 66.9. The Morgan fingerprint density at radius 1 is 0.339 bits per heavy atom. The number of hydrogen-bond donors (Lipinski definition) is 0. The van der Waals surface area contributed by atoms with E-state index in [9.17, 15) is 42.7 Å². The Morgan fingerprint density at radius 3 is 0.901 bits per heavy atom. The van der Waals surface area contributed by atoms with Crippen LogP contribution in [0.25, 0.3) is 44.5 Å². The first-order chi connectivity index (χ1) is 58.1. The molecular weight excluding hydrogens is 1630 g/mol. The number of aryl methyl sites for hydroxylation is 5. The lowest BCUT2D eigenvalue weighted by atomic mass is 9.99. The van der Waals surface area contributed by atoms with Gasteiger partial charge in [0.1, 0.15) is 5.15 Å². The van der Waals surface area contributed by atoms with Gasteiger partial charge >= 0.3 is 0 Å². The number of methoxy groups -OCH3 is 1. The number of ketones is 4. The van der Waals surface area contributed by atoms with E-state index in [-0.39, 0.29) is 59.6 Å². The highest BCUT2D eigenvalue weighted by Crippen LogP contribution is 2.35. The molecule has 8 aromatic carbocycles. The minimum atomic E-state index is -0.554. The Labute approximate surface area is 731 Å². The van der Waals surface area contributed by atoms with Crippen LogP contribution in [0.2, 0.25) is 25.2 Å². The number of carbonyl (C=O) groups excluding carboxylic acids is 8. The molecule has 121 heavy (non-hydrogen) atoms. The molecule has 0 unspecified atom stereocenters. The number of anilines is 4. The van der Waals surface area contributed by atoms with E-state index in [2.05, 4.69) is 19.9 Å². The maximum absolute atomic E-state index is 13.6. The van der Waals surface area contributed by atoms with Gasteiger partial charge in [-0.05, 0) is 209 Å². The summed E-state index contributed by atoms with van der Waals surface area (Å²) in [5.41, 5.74) is 16.9. The van der Waals surface area contributed by atoms with Gasteiger partial charge in [-0.25, -0.2) is 15.0 Å². The molecule has 17 nitrogen and oxygen atoms in total. The molecular formula is C98H94Cl5FN8O9.